The summed E-state index contributed by atoms with van der Waals surface area (Å²) in [7, 11) is 0. The largest absolute Gasteiger partial charge is 0.460 e. The van der Waals surface area contributed by atoms with Crippen LogP contribution in [0.1, 0.15) is 27.7 Å². The summed E-state index contributed by atoms with van der Waals surface area (Å²) in [6.07, 6.45) is -0.837. The molecular formula is C9H17ClO3. The Kier molecular flexibility index (Phi) is 4.71. The van der Waals surface area contributed by atoms with Gasteiger partial charge in [-0.25, -0.2) is 0 Å². The minimum absolute atomic E-state index is 0.0421. The number of ether oxygens (including phenoxy) is 1. The van der Waals surface area contributed by atoms with Crippen LogP contribution in [-0.2, 0) is 9.53 Å². The fraction of sp³-hybridized carbons (Fsp3) is 0.889. The molecule has 0 aromatic rings. The van der Waals surface area contributed by atoms with E-state index in [1.54, 1.807) is 27.7 Å². The van der Waals surface area contributed by atoms with Crippen molar-refractivity contribution in [1.82, 2.24) is 0 Å². The summed E-state index contributed by atoms with van der Waals surface area (Å²) in [6, 6.07) is 0. The Morgan fingerprint density at radius 2 is 2.00 bits per heavy atom. The van der Waals surface area contributed by atoms with Crippen molar-refractivity contribution in [2.75, 3.05) is 5.88 Å². The predicted molar refractivity (Wildman–Crippen MR) is 51.7 cm³/mol. The van der Waals surface area contributed by atoms with E-state index in [2.05, 4.69) is 0 Å². The van der Waals surface area contributed by atoms with Crippen LogP contribution in [0.3, 0.4) is 0 Å². The highest BCUT2D eigenvalue weighted by Crippen LogP contribution is 2.14. The first-order valence-electron chi connectivity index (χ1n) is 4.25. The Morgan fingerprint density at radius 3 is 2.31 bits per heavy atom. The zero-order valence-electron chi connectivity index (χ0n) is 8.50. The van der Waals surface area contributed by atoms with Crippen molar-refractivity contribution in [3.05, 3.63) is 0 Å². The van der Waals surface area contributed by atoms with Crippen LogP contribution >= 0.6 is 11.6 Å². The number of alkyl halides is 1. The molecule has 0 saturated heterocycles. The van der Waals surface area contributed by atoms with Crippen LogP contribution in [0.4, 0.5) is 0 Å². The van der Waals surface area contributed by atoms with Crippen LogP contribution in [0.2, 0.25) is 0 Å². The summed E-state index contributed by atoms with van der Waals surface area (Å²) in [5.74, 6) is -0.946. The number of rotatable bonds is 3. The lowest BCUT2D eigenvalue weighted by atomic mass is 10.1. The molecule has 78 valence electrons. The number of halogens is 1. The van der Waals surface area contributed by atoms with Crippen LogP contribution in [0.25, 0.3) is 0 Å². The lowest BCUT2D eigenvalue weighted by molar-refractivity contribution is -0.162. The normalized spacial score (nSPS) is 16.5. The highest BCUT2D eigenvalue weighted by molar-refractivity contribution is 6.18. The molecule has 0 aromatic heterocycles. The van der Waals surface area contributed by atoms with Crippen molar-refractivity contribution in [1.29, 1.82) is 0 Å². The maximum atomic E-state index is 11.3. The summed E-state index contributed by atoms with van der Waals surface area (Å²) in [5.41, 5.74) is -0.516. The fourth-order valence-electron chi connectivity index (χ4n) is 0.685. The van der Waals surface area contributed by atoms with Crippen molar-refractivity contribution in [3.63, 3.8) is 0 Å². The maximum absolute atomic E-state index is 11.3. The summed E-state index contributed by atoms with van der Waals surface area (Å²) in [4.78, 5) is 11.3. The fourth-order valence-corrected chi connectivity index (χ4v) is 0.953. The summed E-state index contributed by atoms with van der Waals surface area (Å²) < 4.78 is 5.06. The smallest absolute Gasteiger partial charge is 0.311 e. The third-order valence-corrected chi connectivity index (χ3v) is 1.83. The Labute approximate surface area is 84.0 Å². The molecule has 3 nitrogen and oxygen atoms in total. The van der Waals surface area contributed by atoms with Crippen molar-refractivity contribution in [2.24, 2.45) is 5.92 Å². The molecule has 0 aliphatic carbocycles. The van der Waals surface area contributed by atoms with Gasteiger partial charge in [-0.3, -0.25) is 4.79 Å². The van der Waals surface area contributed by atoms with Crippen LogP contribution in [-0.4, -0.2) is 28.7 Å². The van der Waals surface area contributed by atoms with Crippen molar-refractivity contribution >= 4 is 17.6 Å². The number of carbonyl (C=O) groups is 1. The zero-order valence-corrected chi connectivity index (χ0v) is 9.26. The van der Waals surface area contributed by atoms with Gasteiger partial charge in [0.1, 0.15) is 5.60 Å². The highest BCUT2D eigenvalue weighted by Gasteiger charge is 2.26. The first kappa shape index (κ1) is 12.7. The predicted octanol–water partition coefficient (Wildman–Crippen LogP) is 1.56. The molecule has 0 fully saturated rings. The molecule has 2 unspecified atom stereocenters. The second-order valence-electron chi connectivity index (χ2n) is 4.04. The number of carbonyl (C=O) groups excluding carboxylic acids is 1. The SMILES string of the molecule is CC(C(=O)OC(C)(C)C)C(O)CCl. The van der Waals surface area contributed by atoms with Gasteiger partial charge in [0.25, 0.3) is 0 Å². The lowest BCUT2D eigenvalue weighted by Crippen LogP contribution is -2.34. The standard InChI is InChI=1S/C9H17ClO3/c1-6(7(11)5-10)8(12)13-9(2,3)4/h6-7,11H,5H2,1-4H3. The minimum Gasteiger partial charge on any atom is -0.460 e. The Bertz CT molecular complexity index is 174. The van der Waals surface area contributed by atoms with Crippen molar-refractivity contribution < 1.29 is 14.6 Å². The van der Waals surface area contributed by atoms with Gasteiger partial charge >= 0.3 is 5.97 Å². The molecule has 2 atom stereocenters. The van der Waals surface area contributed by atoms with Gasteiger partial charge in [0.15, 0.2) is 0 Å². The lowest BCUT2D eigenvalue weighted by Gasteiger charge is -2.23. The third-order valence-electron chi connectivity index (χ3n) is 1.51. The average Bonchev–Trinajstić information content (AvgIpc) is 1.98. The van der Waals surface area contributed by atoms with Gasteiger partial charge in [-0.2, -0.15) is 0 Å². The van der Waals surface area contributed by atoms with Gasteiger partial charge < -0.3 is 9.84 Å². The second-order valence-corrected chi connectivity index (χ2v) is 4.35. The van der Waals surface area contributed by atoms with Gasteiger partial charge in [-0.1, -0.05) is 0 Å². The Morgan fingerprint density at radius 1 is 1.54 bits per heavy atom. The molecule has 0 amide bonds. The molecule has 1 N–H and O–H groups in total. The van der Waals surface area contributed by atoms with E-state index in [0.29, 0.717) is 0 Å². The molecule has 0 rings (SSSR count). The minimum atomic E-state index is -0.837. The van der Waals surface area contributed by atoms with Gasteiger partial charge in [0.2, 0.25) is 0 Å². The Balaban J connectivity index is 4.12. The number of aliphatic hydroxyl groups excluding tert-OH is 1. The average molecular weight is 209 g/mol. The van der Waals surface area contributed by atoms with Crippen LogP contribution in [0.5, 0.6) is 0 Å². The number of aliphatic hydroxyl groups is 1. The first-order chi connectivity index (χ1) is 5.78. The van der Waals surface area contributed by atoms with Crippen LogP contribution < -0.4 is 0 Å². The third kappa shape index (κ3) is 5.11. The van der Waals surface area contributed by atoms with E-state index in [1.165, 1.54) is 0 Å². The molecule has 0 aliphatic heterocycles. The molecule has 4 heteroatoms. The monoisotopic (exact) mass is 208 g/mol. The highest BCUT2D eigenvalue weighted by atomic mass is 35.5. The Hall–Kier alpha value is -0.280. The molecule has 0 bridgehead atoms. The van der Waals surface area contributed by atoms with E-state index < -0.39 is 23.6 Å². The molecule has 0 radical (unpaired) electrons. The topological polar surface area (TPSA) is 46.5 Å². The van der Waals surface area contributed by atoms with Crippen LogP contribution in [0, 0.1) is 5.92 Å². The molecule has 0 spiro atoms. The molecule has 0 heterocycles. The molecular weight excluding hydrogens is 192 g/mol. The first-order valence-corrected chi connectivity index (χ1v) is 4.78. The maximum Gasteiger partial charge on any atom is 0.311 e. The number of hydrogen-bond acceptors (Lipinski definition) is 3. The van der Waals surface area contributed by atoms with E-state index >= 15 is 0 Å². The van der Waals surface area contributed by atoms with Gasteiger partial charge in [0.05, 0.1) is 12.0 Å². The van der Waals surface area contributed by atoms with Gasteiger partial charge in [0, 0.05) is 5.88 Å². The van der Waals surface area contributed by atoms with E-state index in [9.17, 15) is 9.90 Å². The molecule has 0 saturated carbocycles. The van der Waals surface area contributed by atoms with E-state index in [0.717, 1.165) is 0 Å². The second kappa shape index (κ2) is 4.82. The molecule has 0 aromatic carbocycles. The van der Waals surface area contributed by atoms with Gasteiger partial charge in [-0.05, 0) is 27.7 Å². The van der Waals surface area contributed by atoms with Gasteiger partial charge in [-0.15, -0.1) is 11.6 Å². The zero-order chi connectivity index (χ0) is 10.6. The molecule has 0 aliphatic rings. The summed E-state index contributed by atoms with van der Waals surface area (Å²) in [6.45, 7) is 6.95. The van der Waals surface area contributed by atoms with E-state index in [1.807, 2.05) is 0 Å². The quantitative estimate of drug-likeness (QED) is 0.566. The van der Waals surface area contributed by atoms with Crippen LogP contribution in [0.15, 0.2) is 0 Å². The van der Waals surface area contributed by atoms with Crippen molar-refractivity contribution in [3.8, 4) is 0 Å². The van der Waals surface area contributed by atoms with E-state index in [-0.39, 0.29) is 5.88 Å². The number of hydrogen-bond donors (Lipinski definition) is 1. The van der Waals surface area contributed by atoms with Crippen molar-refractivity contribution in [2.45, 2.75) is 39.4 Å². The van der Waals surface area contributed by atoms with E-state index in [4.69, 9.17) is 16.3 Å². The summed E-state index contributed by atoms with van der Waals surface area (Å²) >= 11 is 5.40. The number of esters is 1. The molecule has 13 heavy (non-hydrogen) atoms. The summed E-state index contributed by atoms with van der Waals surface area (Å²) in [5, 5.41) is 9.26.